The third kappa shape index (κ3) is 5.19. The molecule has 1 fully saturated rings. The lowest BCUT2D eigenvalue weighted by Gasteiger charge is -2.34. The second kappa shape index (κ2) is 8.65. The summed E-state index contributed by atoms with van der Waals surface area (Å²) >= 11 is 6.01. The highest BCUT2D eigenvalue weighted by Crippen LogP contribution is 2.33. The molecule has 2 nitrogen and oxygen atoms in total. The average Bonchev–Trinajstić information content (AvgIpc) is 2.51. The van der Waals surface area contributed by atoms with Crippen molar-refractivity contribution in [3.8, 4) is 5.75 Å². The first-order valence-electron chi connectivity index (χ1n) is 8.34. The van der Waals surface area contributed by atoms with Gasteiger partial charge in [-0.3, -0.25) is 0 Å². The Hall–Kier alpha value is -0.730. The summed E-state index contributed by atoms with van der Waals surface area (Å²) in [4.78, 5) is 0. The SMILES string of the molecule is CCNC(COc1cccc(Cl)c1)C1CCCC(CC)C1. The van der Waals surface area contributed by atoms with Gasteiger partial charge in [0.2, 0.25) is 0 Å². The molecule has 1 aliphatic rings. The van der Waals surface area contributed by atoms with Crippen molar-refractivity contribution in [2.75, 3.05) is 13.2 Å². The van der Waals surface area contributed by atoms with Crippen molar-refractivity contribution in [1.29, 1.82) is 0 Å². The van der Waals surface area contributed by atoms with Crippen LogP contribution in [-0.4, -0.2) is 19.2 Å². The highest BCUT2D eigenvalue weighted by molar-refractivity contribution is 6.30. The topological polar surface area (TPSA) is 21.3 Å². The van der Waals surface area contributed by atoms with Crippen molar-refractivity contribution >= 4 is 11.6 Å². The molecule has 0 amide bonds. The van der Waals surface area contributed by atoms with Crippen LogP contribution in [0.5, 0.6) is 5.75 Å². The van der Waals surface area contributed by atoms with Crippen LogP contribution < -0.4 is 10.1 Å². The van der Waals surface area contributed by atoms with Gasteiger partial charge in [0.05, 0.1) is 0 Å². The first-order valence-corrected chi connectivity index (χ1v) is 8.72. The maximum absolute atomic E-state index is 6.01. The van der Waals surface area contributed by atoms with Gasteiger partial charge in [0.15, 0.2) is 0 Å². The van der Waals surface area contributed by atoms with E-state index in [0.29, 0.717) is 6.04 Å². The molecule has 0 spiro atoms. The molecule has 3 atom stereocenters. The van der Waals surface area contributed by atoms with Gasteiger partial charge in [-0.05, 0) is 49.4 Å². The summed E-state index contributed by atoms with van der Waals surface area (Å²) in [5.74, 6) is 2.51. The predicted octanol–water partition coefficient (Wildman–Crippen LogP) is 4.91. The molecule has 1 N–H and O–H groups in total. The molecule has 1 saturated carbocycles. The van der Waals surface area contributed by atoms with Crippen LogP contribution in [0.1, 0.15) is 46.0 Å². The van der Waals surface area contributed by atoms with E-state index < -0.39 is 0 Å². The molecular formula is C18H28ClNO. The first-order chi connectivity index (χ1) is 10.2. The Morgan fingerprint density at radius 1 is 1.33 bits per heavy atom. The Morgan fingerprint density at radius 2 is 2.19 bits per heavy atom. The fourth-order valence-electron chi connectivity index (χ4n) is 3.44. The van der Waals surface area contributed by atoms with Gasteiger partial charge in [0.25, 0.3) is 0 Å². The van der Waals surface area contributed by atoms with E-state index in [4.69, 9.17) is 16.3 Å². The number of likely N-dealkylation sites (N-methyl/N-ethyl adjacent to an activating group) is 1. The number of rotatable bonds is 7. The number of benzene rings is 1. The first kappa shape index (κ1) is 16.6. The van der Waals surface area contributed by atoms with Crippen molar-refractivity contribution in [1.82, 2.24) is 5.32 Å². The Balaban J connectivity index is 1.92. The summed E-state index contributed by atoms with van der Waals surface area (Å²) in [6.07, 6.45) is 6.74. The average molecular weight is 310 g/mol. The molecule has 0 heterocycles. The van der Waals surface area contributed by atoms with Gasteiger partial charge in [-0.15, -0.1) is 0 Å². The molecule has 3 unspecified atom stereocenters. The molecule has 2 rings (SSSR count). The van der Waals surface area contributed by atoms with E-state index in [0.717, 1.165) is 35.8 Å². The molecule has 1 aliphatic carbocycles. The van der Waals surface area contributed by atoms with Crippen LogP contribution in [-0.2, 0) is 0 Å². The second-order valence-corrected chi connectivity index (χ2v) is 6.57. The lowest BCUT2D eigenvalue weighted by atomic mass is 9.77. The summed E-state index contributed by atoms with van der Waals surface area (Å²) in [5, 5.41) is 4.36. The maximum atomic E-state index is 6.01. The lowest BCUT2D eigenvalue weighted by molar-refractivity contribution is 0.159. The zero-order valence-electron chi connectivity index (χ0n) is 13.3. The van der Waals surface area contributed by atoms with Gasteiger partial charge in [0.1, 0.15) is 12.4 Å². The Kier molecular flexibility index (Phi) is 6.85. The van der Waals surface area contributed by atoms with Gasteiger partial charge < -0.3 is 10.1 Å². The van der Waals surface area contributed by atoms with E-state index in [1.807, 2.05) is 24.3 Å². The standard InChI is InChI=1S/C18H28ClNO/c1-3-14-7-5-8-15(11-14)18(20-4-2)13-21-17-10-6-9-16(19)12-17/h6,9-10,12,14-15,18,20H,3-5,7-8,11,13H2,1-2H3. The van der Waals surface area contributed by atoms with Gasteiger partial charge in [-0.2, -0.15) is 0 Å². The number of halogens is 1. The molecule has 0 saturated heterocycles. The van der Waals surface area contributed by atoms with Crippen LogP contribution in [0.4, 0.5) is 0 Å². The predicted molar refractivity (Wildman–Crippen MR) is 90.2 cm³/mol. The Bertz CT molecular complexity index is 423. The van der Waals surface area contributed by atoms with Crippen LogP contribution in [0.25, 0.3) is 0 Å². The van der Waals surface area contributed by atoms with Crippen LogP contribution in [0.15, 0.2) is 24.3 Å². The number of hydrogen-bond donors (Lipinski definition) is 1. The molecule has 0 aliphatic heterocycles. The van der Waals surface area contributed by atoms with Crippen molar-refractivity contribution in [2.45, 2.75) is 52.0 Å². The summed E-state index contributed by atoms with van der Waals surface area (Å²) in [6, 6.07) is 8.13. The second-order valence-electron chi connectivity index (χ2n) is 6.13. The normalized spacial score (nSPS) is 23.8. The number of nitrogens with one attached hydrogen (secondary N) is 1. The van der Waals surface area contributed by atoms with Crippen molar-refractivity contribution in [3.05, 3.63) is 29.3 Å². The summed E-state index contributed by atoms with van der Waals surface area (Å²) < 4.78 is 5.98. The van der Waals surface area contributed by atoms with E-state index in [1.165, 1.54) is 32.1 Å². The molecule has 118 valence electrons. The molecular weight excluding hydrogens is 282 g/mol. The monoisotopic (exact) mass is 309 g/mol. The van der Waals surface area contributed by atoms with Gasteiger partial charge in [-0.1, -0.05) is 50.8 Å². The third-order valence-electron chi connectivity index (χ3n) is 4.66. The van der Waals surface area contributed by atoms with Crippen LogP contribution in [0, 0.1) is 11.8 Å². The third-order valence-corrected chi connectivity index (χ3v) is 4.90. The van der Waals surface area contributed by atoms with Gasteiger partial charge in [0, 0.05) is 11.1 Å². The Morgan fingerprint density at radius 3 is 2.90 bits per heavy atom. The summed E-state index contributed by atoms with van der Waals surface area (Å²) in [7, 11) is 0. The van der Waals surface area contributed by atoms with Crippen molar-refractivity contribution < 1.29 is 4.74 Å². The molecule has 0 bridgehead atoms. The summed E-state index contributed by atoms with van der Waals surface area (Å²) in [5.41, 5.74) is 0. The molecule has 1 aromatic carbocycles. The quantitative estimate of drug-likeness (QED) is 0.772. The van der Waals surface area contributed by atoms with E-state index in [2.05, 4.69) is 19.2 Å². The smallest absolute Gasteiger partial charge is 0.120 e. The van der Waals surface area contributed by atoms with Crippen molar-refractivity contribution in [3.63, 3.8) is 0 Å². The summed E-state index contributed by atoms with van der Waals surface area (Å²) in [6.45, 7) is 6.22. The molecule has 21 heavy (non-hydrogen) atoms. The van der Waals surface area contributed by atoms with E-state index in [9.17, 15) is 0 Å². The minimum Gasteiger partial charge on any atom is -0.492 e. The number of hydrogen-bond acceptors (Lipinski definition) is 2. The number of ether oxygens (including phenoxy) is 1. The van der Waals surface area contributed by atoms with Crippen LogP contribution in [0.2, 0.25) is 5.02 Å². The minimum atomic E-state index is 0.448. The molecule has 0 radical (unpaired) electrons. The van der Waals surface area contributed by atoms with Crippen molar-refractivity contribution in [2.24, 2.45) is 11.8 Å². The van der Waals surface area contributed by atoms with Gasteiger partial charge in [-0.25, -0.2) is 0 Å². The maximum Gasteiger partial charge on any atom is 0.120 e. The fourth-order valence-corrected chi connectivity index (χ4v) is 3.62. The van der Waals surface area contributed by atoms with Crippen LogP contribution in [0.3, 0.4) is 0 Å². The highest BCUT2D eigenvalue weighted by atomic mass is 35.5. The largest absolute Gasteiger partial charge is 0.492 e. The fraction of sp³-hybridized carbons (Fsp3) is 0.667. The van der Waals surface area contributed by atoms with E-state index in [-0.39, 0.29) is 0 Å². The van der Waals surface area contributed by atoms with Crippen LogP contribution >= 0.6 is 11.6 Å². The zero-order valence-corrected chi connectivity index (χ0v) is 14.0. The van der Waals surface area contributed by atoms with E-state index >= 15 is 0 Å². The van der Waals surface area contributed by atoms with E-state index in [1.54, 1.807) is 0 Å². The molecule has 3 heteroatoms. The van der Waals surface area contributed by atoms with Gasteiger partial charge >= 0.3 is 0 Å². The lowest BCUT2D eigenvalue weighted by Crippen LogP contribution is -2.42. The molecule has 1 aromatic rings. The minimum absolute atomic E-state index is 0.448. The molecule has 0 aromatic heterocycles. The Labute approximate surface area is 134 Å². The zero-order chi connectivity index (χ0) is 15.1. The highest BCUT2D eigenvalue weighted by Gasteiger charge is 2.27.